The van der Waals surface area contributed by atoms with Crippen molar-refractivity contribution in [2.24, 2.45) is 5.84 Å². The van der Waals surface area contributed by atoms with E-state index in [2.05, 4.69) is 20.4 Å². The van der Waals surface area contributed by atoms with E-state index in [0.29, 0.717) is 5.95 Å². The van der Waals surface area contributed by atoms with Crippen molar-refractivity contribution < 1.29 is 13.2 Å². The molecule has 0 aromatic carbocycles. The van der Waals surface area contributed by atoms with Crippen molar-refractivity contribution in [3.05, 3.63) is 0 Å². The summed E-state index contributed by atoms with van der Waals surface area (Å²) < 4.78 is 36.8. The molecule has 1 aliphatic rings. The van der Waals surface area contributed by atoms with Crippen molar-refractivity contribution in [2.75, 3.05) is 41.9 Å². The molecule has 2 rings (SSSR count). The van der Waals surface area contributed by atoms with E-state index in [1.54, 1.807) is 0 Å². The zero-order chi connectivity index (χ0) is 15.5. The number of rotatable bonds is 5. The summed E-state index contributed by atoms with van der Waals surface area (Å²) in [6, 6.07) is 0. The Kier molecular flexibility index (Phi) is 4.66. The number of alkyl halides is 3. The second kappa shape index (κ2) is 6.29. The van der Waals surface area contributed by atoms with Crippen LogP contribution in [0, 0.1) is 0 Å². The average Bonchev–Trinajstić information content (AvgIpc) is 2.97. The fraction of sp³-hybridized carbons (Fsp3) is 0.727. The van der Waals surface area contributed by atoms with E-state index in [-0.39, 0.29) is 18.4 Å². The highest BCUT2D eigenvalue weighted by atomic mass is 19.4. The van der Waals surface area contributed by atoms with Crippen molar-refractivity contribution in [3.8, 4) is 0 Å². The molecule has 0 amide bonds. The van der Waals surface area contributed by atoms with Crippen LogP contribution in [0.3, 0.4) is 0 Å². The molecule has 118 valence electrons. The van der Waals surface area contributed by atoms with Gasteiger partial charge in [-0.1, -0.05) is 0 Å². The maximum absolute atomic E-state index is 12.3. The summed E-state index contributed by atoms with van der Waals surface area (Å²) in [4.78, 5) is 15.7. The first-order chi connectivity index (χ1) is 9.89. The standard InChI is InChI=1S/C11H18F3N7/c1-20(7-4-11(12,13)14)9-16-8(19-15)17-10(18-9)21-5-2-3-6-21/h2-7,15H2,1H3,(H,16,17,18,19). The average molecular weight is 305 g/mol. The lowest BCUT2D eigenvalue weighted by atomic mass is 10.4. The molecular formula is C11H18F3N7. The molecule has 0 atom stereocenters. The van der Waals surface area contributed by atoms with Crippen LogP contribution in [0.1, 0.15) is 19.3 Å². The molecule has 3 N–H and O–H groups in total. The summed E-state index contributed by atoms with van der Waals surface area (Å²) >= 11 is 0. The molecule has 0 unspecified atom stereocenters. The van der Waals surface area contributed by atoms with Crippen molar-refractivity contribution in [3.63, 3.8) is 0 Å². The summed E-state index contributed by atoms with van der Waals surface area (Å²) in [5.74, 6) is 6.05. The van der Waals surface area contributed by atoms with Gasteiger partial charge in [0.15, 0.2) is 0 Å². The van der Waals surface area contributed by atoms with Crippen LogP contribution in [0.2, 0.25) is 0 Å². The molecule has 1 fully saturated rings. The van der Waals surface area contributed by atoms with E-state index < -0.39 is 12.6 Å². The van der Waals surface area contributed by atoms with E-state index in [1.165, 1.54) is 11.9 Å². The zero-order valence-electron chi connectivity index (χ0n) is 11.7. The number of hydrogen-bond acceptors (Lipinski definition) is 7. The van der Waals surface area contributed by atoms with Gasteiger partial charge in [0.1, 0.15) is 0 Å². The Balaban J connectivity index is 2.15. The Morgan fingerprint density at radius 3 is 2.48 bits per heavy atom. The van der Waals surface area contributed by atoms with E-state index in [9.17, 15) is 13.2 Å². The molecule has 1 aliphatic heterocycles. The minimum absolute atomic E-state index is 0.140. The summed E-state index contributed by atoms with van der Waals surface area (Å²) in [7, 11) is 1.51. The number of halogens is 3. The molecule has 21 heavy (non-hydrogen) atoms. The number of anilines is 3. The Labute approximate surface area is 120 Å². The van der Waals surface area contributed by atoms with Crippen LogP contribution < -0.4 is 21.1 Å². The summed E-state index contributed by atoms with van der Waals surface area (Å²) in [6.07, 6.45) is -3.07. The van der Waals surface area contributed by atoms with Crippen LogP contribution in [-0.2, 0) is 0 Å². The summed E-state index contributed by atoms with van der Waals surface area (Å²) in [5.41, 5.74) is 2.32. The third-order valence-electron chi connectivity index (χ3n) is 3.20. The minimum atomic E-state index is -4.21. The van der Waals surface area contributed by atoms with Crippen molar-refractivity contribution in [2.45, 2.75) is 25.4 Å². The maximum atomic E-state index is 12.3. The van der Waals surface area contributed by atoms with Gasteiger partial charge in [-0.2, -0.15) is 28.1 Å². The lowest BCUT2D eigenvalue weighted by Gasteiger charge is -2.21. The van der Waals surface area contributed by atoms with E-state index in [4.69, 9.17) is 5.84 Å². The summed E-state index contributed by atoms with van der Waals surface area (Å²) in [5, 5.41) is 0. The Morgan fingerprint density at radius 2 is 1.90 bits per heavy atom. The SMILES string of the molecule is CN(CCC(F)(F)F)c1nc(NN)nc(N2CCCC2)n1. The maximum Gasteiger partial charge on any atom is 0.390 e. The topological polar surface area (TPSA) is 83.2 Å². The van der Waals surface area contributed by atoms with Gasteiger partial charge in [0, 0.05) is 26.7 Å². The largest absolute Gasteiger partial charge is 0.390 e. The monoisotopic (exact) mass is 305 g/mol. The molecule has 0 bridgehead atoms. The minimum Gasteiger partial charge on any atom is -0.343 e. The zero-order valence-corrected chi connectivity index (χ0v) is 11.7. The van der Waals surface area contributed by atoms with Gasteiger partial charge in [0.05, 0.1) is 6.42 Å². The first-order valence-corrected chi connectivity index (χ1v) is 6.64. The van der Waals surface area contributed by atoms with Crippen LogP contribution >= 0.6 is 0 Å². The van der Waals surface area contributed by atoms with Gasteiger partial charge in [-0.3, -0.25) is 5.43 Å². The number of nitrogen functional groups attached to an aromatic ring is 1. The normalized spacial score (nSPS) is 15.4. The van der Waals surface area contributed by atoms with E-state index in [0.717, 1.165) is 25.9 Å². The first kappa shape index (κ1) is 15.5. The van der Waals surface area contributed by atoms with Gasteiger partial charge in [0.2, 0.25) is 17.8 Å². The number of aromatic nitrogens is 3. The predicted octanol–water partition coefficient (Wildman–Crippen LogP) is 1.15. The Hall–Kier alpha value is -1.84. The number of hydrogen-bond donors (Lipinski definition) is 2. The molecule has 7 nitrogen and oxygen atoms in total. The lowest BCUT2D eigenvalue weighted by molar-refractivity contribution is -0.132. The van der Waals surface area contributed by atoms with Crippen molar-refractivity contribution in [1.82, 2.24) is 15.0 Å². The van der Waals surface area contributed by atoms with Crippen LogP contribution in [0.5, 0.6) is 0 Å². The molecule has 0 radical (unpaired) electrons. The summed E-state index contributed by atoms with van der Waals surface area (Å²) in [6.45, 7) is 1.41. The van der Waals surface area contributed by atoms with E-state index >= 15 is 0 Å². The smallest absolute Gasteiger partial charge is 0.343 e. The van der Waals surface area contributed by atoms with Crippen LogP contribution in [-0.4, -0.2) is 47.8 Å². The molecule has 0 saturated carbocycles. The molecule has 0 spiro atoms. The predicted molar refractivity (Wildman–Crippen MR) is 73.0 cm³/mol. The molecular weight excluding hydrogens is 287 g/mol. The molecule has 1 aromatic rings. The molecule has 0 aliphatic carbocycles. The van der Waals surface area contributed by atoms with Gasteiger partial charge in [0.25, 0.3) is 0 Å². The van der Waals surface area contributed by atoms with Crippen molar-refractivity contribution in [1.29, 1.82) is 0 Å². The first-order valence-electron chi connectivity index (χ1n) is 6.64. The number of nitrogens with two attached hydrogens (primary N) is 1. The highest BCUT2D eigenvalue weighted by Gasteiger charge is 2.28. The van der Waals surface area contributed by atoms with Gasteiger partial charge >= 0.3 is 6.18 Å². The van der Waals surface area contributed by atoms with Crippen molar-refractivity contribution >= 4 is 17.8 Å². The third-order valence-corrected chi connectivity index (χ3v) is 3.20. The number of nitrogens with one attached hydrogen (secondary N) is 1. The molecule has 1 saturated heterocycles. The lowest BCUT2D eigenvalue weighted by Crippen LogP contribution is -2.28. The van der Waals surface area contributed by atoms with Crippen LogP contribution in [0.15, 0.2) is 0 Å². The molecule has 1 aromatic heterocycles. The fourth-order valence-electron chi connectivity index (χ4n) is 2.04. The van der Waals surface area contributed by atoms with Gasteiger partial charge in [-0.25, -0.2) is 5.84 Å². The number of hydrazine groups is 1. The third kappa shape index (κ3) is 4.31. The van der Waals surface area contributed by atoms with Crippen LogP contribution in [0.4, 0.5) is 31.0 Å². The Bertz CT molecular complexity index is 473. The number of nitrogens with zero attached hydrogens (tertiary/aromatic N) is 5. The highest BCUT2D eigenvalue weighted by molar-refractivity contribution is 5.44. The van der Waals surface area contributed by atoms with Crippen LogP contribution in [0.25, 0.3) is 0 Å². The fourth-order valence-corrected chi connectivity index (χ4v) is 2.04. The Morgan fingerprint density at radius 1 is 1.24 bits per heavy atom. The van der Waals surface area contributed by atoms with E-state index in [1.807, 2.05) is 4.90 Å². The highest BCUT2D eigenvalue weighted by Crippen LogP contribution is 2.22. The second-order valence-electron chi connectivity index (χ2n) is 4.88. The van der Waals surface area contributed by atoms with Gasteiger partial charge < -0.3 is 9.80 Å². The molecule has 10 heteroatoms. The van der Waals surface area contributed by atoms with Gasteiger partial charge in [-0.05, 0) is 12.8 Å². The van der Waals surface area contributed by atoms with Gasteiger partial charge in [-0.15, -0.1) is 0 Å². The second-order valence-corrected chi connectivity index (χ2v) is 4.88. The quantitative estimate of drug-likeness (QED) is 0.623. The molecule has 2 heterocycles.